The summed E-state index contributed by atoms with van der Waals surface area (Å²) in [6.45, 7) is 5.13. The van der Waals surface area contributed by atoms with Gasteiger partial charge in [0.15, 0.2) is 6.10 Å². The minimum atomic E-state index is -3.00. The first-order valence-electron chi connectivity index (χ1n) is 12.4. The predicted molar refractivity (Wildman–Crippen MR) is 139 cm³/mol. The fourth-order valence-electron chi connectivity index (χ4n) is 4.69. The van der Waals surface area contributed by atoms with Crippen LogP contribution >= 0.6 is 0 Å². The predicted octanol–water partition coefficient (Wildman–Crippen LogP) is 3.57. The molecule has 37 heavy (non-hydrogen) atoms. The maximum Gasteiger partial charge on any atom is 0.296 e. The van der Waals surface area contributed by atoms with E-state index >= 15 is 0 Å². The van der Waals surface area contributed by atoms with E-state index in [4.69, 9.17) is 9.47 Å². The number of benzene rings is 2. The molecule has 2 saturated heterocycles. The molecule has 5 rings (SSSR count). The lowest BCUT2D eigenvalue weighted by Crippen LogP contribution is -2.52. The molecule has 3 aliphatic rings. The highest BCUT2D eigenvalue weighted by molar-refractivity contribution is 5.87. The van der Waals surface area contributed by atoms with Gasteiger partial charge in [-0.2, -0.15) is 5.26 Å². The third-order valence-electron chi connectivity index (χ3n) is 6.68. The van der Waals surface area contributed by atoms with Crippen LogP contribution in [0.4, 0.5) is 20.2 Å². The first-order valence-corrected chi connectivity index (χ1v) is 12.4. The van der Waals surface area contributed by atoms with Gasteiger partial charge in [-0.25, -0.2) is 13.8 Å². The Kier molecular flexibility index (Phi) is 7.00. The molecule has 194 valence electrons. The number of nitriles is 1. The number of hydrogen-bond acceptors (Lipinski definition) is 8. The van der Waals surface area contributed by atoms with Crippen LogP contribution in [0.1, 0.15) is 24.5 Å². The molecule has 0 radical (unpaired) electrons. The van der Waals surface area contributed by atoms with Gasteiger partial charge in [0.1, 0.15) is 11.8 Å². The largest absolute Gasteiger partial charge is 0.483 e. The number of allylic oxidation sites excluding steroid dienone is 1. The number of halogens is 2. The molecule has 3 N–H and O–H groups in total. The van der Waals surface area contributed by atoms with Crippen LogP contribution in [0, 0.1) is 11.3 Å². The van der Waals surface area contributed by atoms with Crippen molar-refractivity contribution in [2.75, 3.05) is 49.6 Å². The molecule has 2 aromatic carbocycles. The van der Waals surface area contributed by atoms with Crippen LogP contribution in [0.2, 0.25) is 0 Å². The number of alkyl halides is 2. The van der Waals surface area contributed by atoms with Gasteiger partial charge < -0.3 is 30.3 Å². The highest BCUT2D eigenvalue weighted by atomic mass is 19.3. The molecule has 0 bridgehead atoms. The lowest BCUT2D eigenvalue weighted by molar-refractivity contribution is -0.109. The van der Waals surface area contributed by atoms with Crippen molar-refractivity contribution in [3.63, 3.8) is 0 Å². The van der Waals surface area contributed by atoms with Gasteiger partial charge in [0.2, 0.25) is 5.79 Å². The Hall–Kier alpha value is -3.68. The summed E-state index contributed by atoms with van der Waals surface area (Å²) in [6.07, 6.45) is 2.41. The van der Waals surface area contributed by atoms with E-state index in [0.29, 0.717) is 6.54 Å². The van der Waals surface area contributed by atoms with Gasteiger partial charge in [-0.3, -0.25) is 0 Å². The van der Waals surface area contributed by atoms with Gasteiger partial charge in [-0.1, -0.05) is 0 Å². The molecular formula is C27H30F2N6O2. The molecule has 0 spiro atoms. The van der Waals surface area contributed by atoms with Crippen LogP contribution in [-0.4, -0.2) is 63.4 Å². The first-order chi connectivity index (χ1) is 17.9. The molecule has 3 heterocycles. The van der Waals surface area contributed by atoms with Crippen LogP contribution in [0.15, 0.2) is 53.5 Å². The van der Waals surface area contributed by atoms with Gasteiger partial charge in [0.25, 0.3) is 5.92 Å². The second-order valence-corrected chi connectivity index (χ2v) is 9.48. The second kappa shape index (κ2) is 10.4. The fraction of sp³-hybridized carbons (Fsp3) is 0.407. The Morgan fingerprint density at radius 1 is 1.19 bits per heavy atom. The highest BCUT2D eigenvalue weighted by Gasteiger charge is 2.43. The monoisotopic (exact) mass is 508 g/mol. The zero-order valence-corrected chi connectivity index (χ0v) is 20.6. The molecule has 2 fully saturated rings. The lowest BCUT2D eigenvalue weighted by Gasteiger charge is -2.34. The maximum absolute atomic E-state index is 14.2. The summed E-state index contributed by atoms with van der Waals surface area (Å²) in [4.78, 5) is 6.86. The van der Waals surface area contributed by atoms with Crippen molar-refractivity contribution in [1.29, 1.82) is 5.26 Å². The smallest absolute Gasteiger partial charge is 0.296 e. The summed E-state index contributed by atoms with van der Waals surface area (Å²) in [5.41, 5.74) is 3.71. The van der Waals surface area contributed by atoms with E-state index in [1.165, 1.54) is 0 Å². The van der Waals surface area contributed by atoms with E-state index in [1.807, 2.05) is 25.1 Å². The Morgan fingerprint density at radius 3 is 2.70 bits per heavy atom. The van der Waals surface area contributed by atoms with Crippen molar-refractivity contribution >= 4 is 23.3 Å². The number of rotatable bonds is 6. The molecule has 0 aliphatic carbocycles. The Bertz CT molecular complexity index is 1220. The zero-order valence-electron chi connectivity index (χ0n) is 20.6. The Balaban J connectivity index is 1.27. The summed E-state index contributed by atoms with van der Waals surface area (Å²) in [5.74, 6) is -3.67. The van der Waals surface area contributed by atoms with Crippen molar-refractivity contribution in [2.24, 2.45) is 4.99 Å². The van der Waals surface area contributed by atoms with Crippen molar-refractivity contribution in [2.45, 2.75) is 31.2 Å². The van der Waals surface area contributed by atoms with Crippen molar-refractivity contribution in [1.82, 2.24) is 10.6 Å². The van der Waals surface area contributed by atoms with E-state index in [2.05, 4.69) is 44.0 Å². The third kappa shape index (κ3) is 5.68. The zero-order chi connectivity index (χ0) is 25.9. The van der Waals surface area contributed by atoms with Gasteiger partial charge in [0.05, 0.1) is 25.3 Å². The van der Waals surface area contributed by atoms with Gasteiger partial charge in [-0.15, -0.1) is 0 Å². The van der Waals surface area contributed by atoms with Crippen molar-refractivity contribution in [3.8, 4) is 11.8 Å². The number of hydrogen-bond donors (Lipinski definition) is 3. The summed E-state index contributed by atoms with van der Waals surface area (Å²) in [5, 5.41) is 19.2. The molecule has 0 saturated carbocycles. The SMILES string of the molecule is CC1(Nc2ccc(N3CCOCC3)cc2)N=CC=C(c2ccc(OC3CCNCC3(F)F)c(C#N)c2)N1. The standard InChI is InChI=1S/C27H30F2N6O2/c1-26(33-21-3-5-22(6-4-21)35-12-14-36-15-13-35)32-11-8-23(34-26)19-2-7-24(20(16-19)17-30)37-25-9-10-31-18-27(25,28)29/h2-8,11,16,25,31,33-34H,9-10,12-15,18H2,1H3. The number of anilines is 2. The second-order valence-electron chi connectivity index (χ2n) is 9.48. The minimum absolute atomic E-state index is 0.157. The van der Waals surface area contributed by atoms with E-state index in [0.717, 1.165) is 48.9 Å². The van der Waals surface area contributed by atoms with Crippen LogP contribution < -0.4 is 25.6 Å². The Labute approximate surface area is 215 Å². The van der Waals surface area contributed by atoms with Crippen molar-refractivity contribution in [3.05, 3.63) is 59.7 Å². The maximum atomic E-state index is 14.2. The van der Waals surface area contributed by atoms with Gasteiger partial charge in [-0.05, 0) is 67.6 Å². The topological polar surface area (TPSA) is 93.9 Å². The third-order valence-corrected chi connectivity index (χ3v) is 6.68. The quantitative estimate of drug-likeness (QED) is 0.549. The van der Waals surface area contributed by atoms with Gasteiger partial charge in [0, 0.05) is 42.8 Å². The molecule has 3 aliphatic heterocycles. The Morgan fingerprint density at radius 2 is 1.97 bits per heavy atom. The lowest BCUT2D eigenvalue weighted by atomic mass is 10.0. The number of nitrogens with one attached hydrogen (secondary N) is 3. The number of aliphatic imine (C=N–C) groups is 1. The number of piperidine rings is 1. The first kappa shape index (κ1) is 25.0. The molecule has 10 heteroatoms. The van der Waals surface area contributed by atoms with Crippen molar-refractivity contribution < 1.29 is 18.3 Å². The van der Waals surface area contributed by atoms with E-state index in [1.54, 1.807) is 24.4 Å². The number of morpholine rings is 1. The van der Waals surface area contributed by atoms with E-state index in [-0.39, 0.29) is 17.7 Å². The molecule has 2 unspecified atom stereocenters. The average molecular weight is 509 g/mol. The van der Waals surface area contributed by atoms with E-state index in [9.17, 15) is 14.0 Å². The number of nitrogens with zero attached hydrogens (tertiary/aromatic N) is 3. The normalized spacial score (nSPS) is 25.0. The summed E-state index contributed by atoms with van der Waals surface area (Å²) in [6, 6.07) is 15.2. The summed E-state index contributed by atoms with van der Waals surface area (Å²) >= 11 is 0. The molecule has 8 nitrogen and oxygen atoms in total. The van der Waals surface area contributed by atoms with Crippen LogP contribution in [-0.2, 0) is 4.74 Å². The average Bonchev–Trinajstić information content (AvgIpc) is 2.91. The molecule has 2 aromatic rings. The van der Waals surface area contributed by atoms with Crippen LogP contribution in [0.3, 0.4) is 0 Å². The van der Waals surface area contributed by atoms with Crippen LogP contribution in [0.25, 0.3) is 5.70 Å². The summed E-state index contributed by atoms with van der Waals surface area (Å²) < 4.78 is 39.5. The highest BCUT2D eigenvalue weighted by Crippen LogP contribution is 2.32. The van der Waals surface area contributed by atoms with Crippen LogP contribution in [0.5, 0.6) is 5.75 Å². The van der Waals surface area contributed by atoms with Gasteiger partial charge >= 0.3 is 0 Å². The summed E-state index contributed by atoms with van der Waals surface area (Å²) in [7, 11) is 0. The minimum Gasteiger partial charge on any atom is -0.483 e. The fourth-order valence-corrected chi connectivity index (χ4v) is 4.69. The molecular weight excluding hydrogens is 478 g/mol. The molecule has 0 amide bonds. The number of ether oxygens (including phenoxy) is 2. The molecule has 0 aromatic heterocycles. The van der Waals surface area contributed by atoms with E-state index < -0.39 is 24.4 Å². The molecule has 2 atom stereocenters.